The maximum atomic E-state index is 14.4. The number of Topliss-reactive ketones (excluding diaryl/α,β-unsaturated/α-hetero) is 2. The predicted molar refractivity (Wildman–Crippen MR) is 149 cm³/mol. The van der Waals surface area contributed by atoms with Crippen LogP contribution in [0.1, 0.15) is 21.5 Å². The van der Waals surface area contributed by atoms with E-state index in [9.17, 15) is 63.6 Å². The molecule has 0 radical (unpaired) electrons. The quantitative estimate of drug-likeness (QED) is 0.108. The lowest BCUT2D eigenvalue weighted by molar-refractivity contribution is -0.189. The monoisotopic (exact) mass is 625 g/mol. The number of aliphatic hydroxyl groups excluding tert-OH is 2. The van der Waals surface area contributed by atoms with E-state index in [2.05, 4.69) is 0 Å². The minimum absolute atomic E-state index is 0.121. The number of ketones is 2. The number of rotatable bonds is 9. The SMILES string of the molecule is CN(C)c1c(C=O)cc(O)c2c1C(C=O)(C=O)[C@@H]1C(=C2O)C(=O)[C@]2(O)C(=O)C(C(N)=O)=C(O)[C@](C=O)(N(C)C)[C@@H]2C1(C=O)C=O. The number of likely N-dealkylation sites (N-methyl/N-ethyl adjacent to an activating group) is 1. The van der Waals surface area contributed by atoms with Crippen LogP contribution in [0.15, 0.2) is 23.0 Å². The first-order valence-corrected chi connectivity index (χ1v) is 13.0. The van der Waals surface area contributed by atoms with Gasteiger partial charge in [-0.1, -0.05) is 0 Å². The van der Waals surface area contributed by atoms with Gasteiger partial charge in [-0.3, -0.25) is 24.1 Å². The van der Waals surface area contributed by atoms with Crippen LogP contribution in [0.25, 0.3) is 5.76 Å². The topological polar surface area (TPSA) is 267 Å². The van der Waals surface area contributed by atoms with E-state index < -0.39 is 90.8 Å². The molecule has 0 aliphatic heterocycles. The van der Waals surface area contributed by atoms with Crippen LogP contribution in [0.2, 0.25) is 0 Å². The molecule has 0 saturated heterocycles. The van der Waals surface area contributed by atoms with Gasteiger partial charge in [-0.25, -0.2) is 0 Å². The van der Waals surface area contributed by atoms with E-state index in [0.717, 1.165) is 25.1 Å². The second-order valence-electron chi connectivity index (χ2n) is 11.5. The normalized spacial score (nSPS) is 28.0. The molecule has 1 saturated carbocycles. The van der Waals surface area contributed by atoms with Gasteiger partial charge in [-0.2, -0.15) is 0 Å². The molecule has 0 aromatic heterocycles. The molecule has 3 aliphatic carbocycles. The smallest absolute Gasteiger partial charge is 0.255 e. The Labute approximate surface area is 253 Å². The third-order valence-electron chi connectivity index (χ3n) is 9.18. The van der Waals surface area contributed by atoms with Crippen LogP contribution < -0.4 is 10.6 Å². The zero-order chi connectivity index (χ0) is 34.2. The number of hydrogen-bond donors (Lipinski definition) is 5. The van der Waals surface area contributed by atoms with Crippen molar-refractivity contribution < 1.29 is 63.6 Å². The van der Waals surface area contributed by atoms with E-state index >= 15 is 0 Å². The highest BCUT2D eigenvalue weighted by atomic mass is 16.3. The van der Waals surface area contributed by atoms with Gasteiger partial charge in [0, 0.05) is 36.7 Å². The molecule has 1 amide bonds. The Morgan fingerprint density at radius 3 is 1.84 bits per heavy atom. The first-order valence-electron chi connectivity index (χ1n) is 13.0. The van der Waals surface area contributed by atoms with Crippen molar-refractivity contribution >= 4 is 66.6 Å². The molecule has 4 rings (SSSR count). The molecule has 16 heteroatoms. The highest BCUT2D eigenvalue weighted by Gasteiger charge is 2.80. The maximum Gasteiger partial charge on any atom is 0.255 e. The summed E-state index contributed by atoms with van der Waals surface area (Å²) in [5.41, 5.74) is -12.4. The number of aliphatic hydroxyl groups is 3. The fourth-order valence-electron chi connectivity index (χ4n) is 7.41. The molecule has 1 fully saturated rings. The number of carbonyl (C=O) groups is 9. The minimum Gasteiger partial charge on any atom is -0.509 e. The van der Waals surface area contributed by atoms with Crippen LogP contribution in [0.3, 0.4) is 0 Å². The zero-order valence-corrected chi connectivity index (χ0v) is 24.1. The number of primary amides is 1. The lowest BCUT2D eigenvalue weighted by Gasteiger charge is -2.61. The average molecular weight is 626 g/mol. The van der Waals surface area contributed by atoms with Crippen molar-refractivity contribution in [1.82, 2.24) is 4.90 Å². The van der Waals surface area contributed by atoms with Crippen LogP contribution in [-0.4, -0.2) is 120 Å². The second-order valence-corrected chi connectivity index (χ2v) is 11.5. The summed E-state index contributed by atoms with van der Waals surface area (Å²) in [6.07, 6.45) is -0.709. The Morgan fingerprint density at radius 1 is 0.889 bits per heavy atom. The predicted octanol–water partition coefficient (Wildman–Crippen LogP) is -2.50. The molecule has 4 atom stereocenters. The third kappa shape index (κ3) is 3.40. The molecule has 6 N–H and O–H groups in total. The number of phenols is 1. The minimum atomic E-state index is -3.82. The number of fused-ring (bicyclic) bond motifs is 3. The van der Waals surface area contributed by atoms with E-state index in [1.807, 2.05) is 0 Å². The molecule has 1 aromatic rings. The van der Waals surface area contributed by atoms with Gasteiger partial charge < -0.3 is 55.0 Å². The number of aromatic hydroxyl groups is 1. The van der Waals surface area contributed by atoms with E-state index in [1.54, 1.807) is 0 Å². The summed E-state index contributed by atoms with van der Waals surface area (Å²) in [4.78, 5) is 121. The molecular weight excluding hydrogens is 598 g/mol. The Bertz CT molecular complexity index is 1710. The molecule has 0 bridgehead atoms. The van der Waals surface area contributed by atoms with Crippen LogP contribution in [0.4, 0.5) is 5.69 Å². The summed E-state index contributed by atoms with van der Waals surface area (Å²) in [5, 5.41) is 45.9. The van der Waals surface area contributed by atoms with Gasteiger partial charge in [0.15, 0.2) is 11.9 Å². The molecule has 3 aliphatic rings. The Kier molecular flexibility index (Phi) is 7.31. The Balaban J connectivity index is 2.43. The van der Waals surface area contributed by atoms with E-state index in [4.69, 9.17) is 5.73 Å². The van der Waals surface area contributed by atoms with Crippen molar-refractivity contribution in [2.75, 3.05) is 33.1 Å². The molecule has 0 heterocycles. The number of carbonyl (C=O) groups excluding carboxylic acids is 9. The van der Waals surface area contributed by atoms with Crippen molar-refractivity contribution in [3.05, 3.63) is 39.7 Å². The molecule has 0 unspecified atom stereocenters. The van der Waals surface area contributed by atoms with Crippen LogP contribution >= 0.6 is 0 Å². The zero-order valence-electron chi connectivity index (χ0n) is 24.1. The van der Waals surface area contributed by atoms with Gasteiger partial charge in [0.2, 0.25) is 11.6 Å². The molecule has 45 heavy (non-hydrogen) atoms. The lowest BCUT2D eigenvalue weighted by Crippen LogP contribution is -2.80. The average Bonchev–Trinajstić information content (AvgIpc) is 2.99. The number of anilines is 1. The first kappa shape index (κ1) is 32.6. The number of phenolic OH excluding ortho intramolecular Hbond substituents is 1. The fraction of sp³-hybridized carbons (Fsp3) is 0.345. The van der Waals surface area contributed by atoms with Crippen LogP contribution in [-0.2, 0) is 43.8 Å². The number of nitrogens with two attached hydrogens (primary N) is 1. The summed E-state index contributed by atoms with van der Waals surface area (Å²) >= 11 is 0. The largest absolute Gasteiger partial charge is 0.509 e. The standard InChI is InChI=1S/C29H27N3O13/c1-31(2)18-12(6-33)5-13(39)14-17(18)26(7-34,8-35)20-15(19(14)40)22(42)29(45)23(43)16(24(30)44)21(41)28(11-38,32(3)4)25(29)27(20,9-36)10-37/h5-11,20,25,39-41,45H,1-4H3,(H2,30,44)/t20-,25-,28-,29-/m0/s1. The van der Waals surface area contributed by atoms with Crippen molar-refractivity contribution in [3.8, 4) is 5.75 Å². The molecular formula is C29H27N3O13. The van der Waals surface area contributed by atoms with Crippen LogP contribution in [0.5, 0.6) is 5.75 Å². The number of hydrogen-bond acceptors (Lipinski definition) is 15. The summed E-state index contributed by atoms with van der Waals surface area (Å²) in [6, 6.07) is 0.817. The lowest BCUT2D eigenvalue weighted by atomic mass is 9.40. The van der Waals surface area contributed by atoms with Gasteiger partial charge in [-0.05, 0) is 20.2 Å². The van der Waals surface area contributed by atoms with Crippen molar-refractivity contribution in [2.24, 2.45) is 23.0 Å². The van der Waals surface area contributed by atoms with Gasteiger partial charge in [0.1, 0.15) is 65.2 Å². The number of amides is 1. The van der Waals surface area contributed by atoms with Crippen LogP contribution in [0, 0.1) is 17.3 Å². The Hall–Kier alpha value is -5.35. The van der Waals surface area contributed by atoms with Crippen molar-refractivity contribution in [3.63, 3.8) is 0 Å². The number of aldehydes is 6. The molecule has 0 spiro atoms. The first-order chi connectivity index (χ1) is 21.0. The molecule has 1 aromatic carbocycles. The Morgan fingerprint density at radius 2 is 1.44 bits per heavy atom. The van der Waals surface area contributed by atoms with Gasteiger partial charge in [0.25, 0.3) is 5.91 Å². The summed E-state index contributed by atoms with van der Waals surface area (Å²) < 4.78 is 0. The molecule has 16 nitrogen and oxygen atoms in total. The van der Waals surface area contributed by atoms with Gasteiger partial charge >= 0.3 is 0 Å². The van der Waals surface area contributed by atoms with Gasteiger partial charge in [0.05, 0.1) is 22.6 Å². The summed E-state index contributed by atoms with van der Waals surface area (Å²) in [5.74, 6) is -14.5. The van der Waals surface area contributed by atoms with Crippen molar-refractivity contribution in [1.29, 1.82) is 0 Å². The summed E-state index contributed by atoms with van der Waals surface area (Å²) in [7, 11) is 4.78. The highest BCUT2D eigenvalue weighted by molar-refractivity contribution is 6.35. The maximum absolute atomic E-state index is 14.4. The number of benzene rings is 1. The van der Waals surface area contributed by atoms with Gasteiger partial charge in [-0.15, -0.1) is 0 Å². The second kappa shape index (κ2) is 10.1. The van der Waals surface area contributed by atoms with E-state index in [1.165, 1.54) is 19.0 Å². The van der Waals surface area contributed by atoms with E-state index in [0.29, 0.717) is 0 Å². The van der Waals surface area contributed by atoms with E-state index in [-0.39, 0.29) is 49.0 Å². The third-order valence-corrected chi connectivity index (χ3v) is 9.18. The summed E-state index contributed by atoms with van der Waals surface area (Å²) in [6.45, 7) is 0. The highest BCUT2D eigenvalue weighted by Crippen LogP contribution is 2.65. The molecule has 236 valence electrons. The fourth-order valence-corrected chi connectivity index (χ4v) is 7.41. The van der Waals surface area contributed by atoms with Crippen molar-refractivity contribution in [2.45, 2.75) is 16.6 Å². The number of nitrogens with zero attached hydrogens (tertiary/aromatic N) is 2.